The Morgan fingerprint density at radius 2 is 1.80 bits per heavy atom. The van der Waals surface area contributed by atoms with E-state index in [-0.39, 0.29) is 41.8 Å². The molecule has 0 spiro atoms. The first-order valence-corrected chi connectivity index (χ1v) is 11.4. The van der Waals surface area contributed by atoms with Crippen molar-refractivity contribution in [2.45, 2.75) is 26.1 Å². The molecule has 1 heterocycles. The second-order valence-electron chi connectivity index (χ2n) is 8.77. The topological polar surface area (TPSA) is 90.9 Å². The molecule has 1 aliphatic rings. The highest BCUT2D eigenvalue weighted by Crippen LogP contribution is 2.32. The molecule has 1 saturated heterocycles. The van der Waals surface area contributed by atoms with Crippen LogP contribution in [-0.4, -0.2) is 54.6 Å². The van der Waals surface area contributed by atoms with Crippen molar-refractivity contribution >= 4 is 11.8 Å². The summed E-state index contributed by atoms with van der Waals surface area (Å²) in [4.78, 5) is 25.9. The molecule has 1 aliphatic heterocycles. The zero-order valence-electron chi connectivity index (χ0n) is 19.5. The molecule has 1 fully saturated rings. The van der Waals surface area contributed by atoms with Gasteiger partial charge in [-0.05, 0) is 42.3 Å². The van der Waals surface area contributed by atoms with Crippen molar-refractivity contribution in [3.8, 4) is 11.5 Å². The number of likely N-dealkylation sites (tertiary alicyclic amines) is 1. The number of nitrogens with zero attached hydrogens (tertiary/aromatic N) is 1. The number of carbonyl (C=O) groups excluding carboxylic acids is 2. The SMILES string of the molecule is CC(=O)NCCNC(=O)[C@@H]1C[C@H](COc2cccc(C(F)(F)F)c2)CN(Cc2ccc(O)cc2)C1. The molecular weight excluding hydrogens is 463 g/mol. The Labute approximate surface area is 202 Å². The van der Waals surface area contributed by atoms with Crippen LogP contribution >= 0.6 is 0 Å². The first-order chi connectivity index (χ1) is 16.6. The molecular formula is C25H30F3N3O4. The van der Waals surface area contributed by atoms with E-state index >= 15 is 0 Å². The van der Waals surface area contributed by atoms with Crippen molar-refractivity contribution < 1.29 is 32.6 Å². The second-order valence-corrected chi connectivity index (χ2v) is 8.77. The molecule has 0 saturated carbocycles. The van der Waals surface area contributed by atoms with E-state index in [0.29, 0.717) is 39.1 Å². The van der Waals surface area contributed by atoms with Gasteiger partial charge in [0.15, 0.2) is 0 Å². The number of phenolic OH excluding ortho intramolecular Hbond substituents is 1. The van der Waals surface area contributed by atoms with Crippen molar-refractivity contribution in [1.82, 2.24) is 15.5 Å². The van der Waals surface area contributed by atoms with Crippen LogP contribution in [0.1, 0.15) is 24.5 Å². The zero-order chi connectivity index (χ0) is 25.4. The van der Waals surface area contributed by atoms with Gasteiger partial charge < -0.3 is 20.5 Å². The highest BCUT2D eigenvalue weighted by atomic mass is 19.4. The number of hydrogen-bond donors (Lipinski definition) is 3. The van der Waals surface area contributed by atoms with Crippen LogP contribution in [0.3, 0.4) is 0 Å². The molecule has 2 amide bonds. The standard InChI is InChI=1S/C25H30F3N3O4/c1-17(32)29-9-10-30-24(34)20-11-19(14-31(15-20)13-18-5-7-22(33)8-6-18)16-35-23-4-2-3-21(12-23)25(26,27)28/h2-8,12,19-20,33H,9-11,13-16H2,1H3,(H,29,32)(H,30,34)/t19-,20+/m0/s1. The van der Waals surface area contributed by atoms with E-state index in [9.17, 15) is 27.9 Å². The maximum atomic E-state index is 13.0. The molecule has 2 aromatic rings. The first kappa shape index (κ1) is 26.3. The molecule has 7 nitrogen and oxygen atoms in total. The number of amides is 2. The van der Waals surface area contributed by atoms with Crippen molar-refractivity contribution in [2.75, 3.05) is 32.8 Å². The lowest BCUT2D eigenvalue weighted by molar-refractivity contribution is -0.137. The van der Waals surface area contributed by atoms with E-state index in [4.69, 9.17) is 4.74 Å². The predicted octanol–water partition coefficient (Wildman–Crippen LogP) is 3.18. The average Bonchev–Trinajstić information content (AvgIpc) is 2.81. The predicted molar refractivity (Wildman–Crippen MR) is 124 cm³/mol. The highest BCUT2D eigenvalue weighted by Gasteiger charge is 2.33. The lowest BCUT2D eigenvalue weighted by Crippen LogP contribution is -2.48. The van der Waals surface area contributed by atoms with Gasteiger partial charge in [0.05, 0.1) is 18.1 Å². The summed E-state index contributed by atoms with van der Waals surface area (Å²) in [6, 6.07) is 11.6. The largest absolute Gasteiger partial charge is 0.508 e. The van der Waals surface area contributed by atoms with Gasteiger partial charge in [0.25, 0.3) is 0 Å². The number of rotatable bonds is 9. The van der Waals surface area contributed by atoms with Crippen LogP contribution in [-0.2, 0) is 22.3 Å². The van der Waals surface area contributed by atoms with Gasteiger partial charge in [0.2, 0.25) is 11.8 Å². The normalized spacial score (nSPS) is 18.6. The summed E-state index contributed by atoms with van der Waals surface area (Å²) in [5, 5.41) is 15.0. The monoisotopic (exact) mass is 493 g/mol. The molecule has 0 aliphatic carbocycles. The molecule has 190 valence electrons. The number of ether oxygens (including phenoxy) is 1. The Morgan fingerprint density at radius 1 is 1.09 bits per heavy atom. The number of piperidine rings is 1. The lowest BCUT2D eigenvalue weighted by Gasteiger charge is -2.37. The second kappa shape index (κ2) is 11.9. The van der Waals surface area contributed by atoms with Gasteiger partial charge in [-0.3, -0.25) is 14.5 Å². The van der Waals surface area contributed by atoms with E-state index in [0.717, 1.165) is 17.7 Å². The fraction of sp³-hybridized carbons (Fsp3) is 0.440. The van der Waals surface area contributed by atoms with Crippen LogP contribution in [0.2, 0.25) is 0 Å². The molecule has 0 aromatic heterocycles. The Morgan fingerprint density at radius 3 is 2.49 bits per heavy atom. The van der Waals surface area contributed by atoms with Crippen molar-refractivity contribution in [1.29, 1.82) is 0 Å². The molecule has 2 aromatic carbocycles. The minimum atomic E-state index is -4.45. The van der Waals surface area contributed by atoms with Crippen LogP contribution in [0.5, 0.6) is 11.5 Å². The third kappa shape index (κ3) is 8.47. The summed E-state index contributed by atoms with van der Waals surface area (Å²) >= 11 is 0. The van der Waals surface area contributed by atoms with Gasteiger partial charge in [-0.2, -0.15) is 13.2 Å². The van der Waals surface area contributed by atoms with Gasteiger partial charge >= 0.3 is 6.18 Å². The van der Waals surface area contributed by atoms with Crippen molar-refractivity contribution in [3.63, 3.8) is 0 Å². The quantitative estimate of drug-likeness (QED) is 0.467. The van der Waals surface area contributed by atoms with E-state index < -0.39 is 11.7 Å². The van der Waals surface area contributed by atoms with E-state index in [1.165, 1.54) is 19.1 Å². The van der Waals surface area contributed by atoms with Crippen LogP contribution in [0.4, 0.5) is 13.2 Å². The van der Waals surface area contributed by atoms with E-state index in [1.807, 2.05) is 0 Å². The van der Waals surface area contributed by atoms with E-state index in [1.54, 1.807) is 24.3 Å². The molecule has 0 bridgehead atoms. The number of nitrogens with one attached hydrogen (secondary N) is 2. The minimum Gasteiger partial charge on any atom is -0.508 e. The molecule has 3 N–H and O–H groups in total. The first-order valence-electron chi connectivity index (χ1n) is 11.4. The summed E-state index contributed by atoms with van der Waals surface area (Å²) in [5.74, 6) is -0.448. The summed E-state index contributed by atoms with van der Waals surface area (Å²) in [6.07, 6.45) is -3.93. The molecule has 3 rings (SSSR count). The lowest BCUT2D eigenvalue weighted by atomic mass is 9.88. The Hall–Kier alpha value is -3.27. The average molecular weight is 494 g/mol. The third-order valence-electron chi connectivity index (χ3n) is 5.77. The van der Waals surface area contributed by atoms with Crippen LogP contribution < -0.4 is 15.4 Å². The third-order valence-corrected chi connectivity index (χ3v) is 5.77. The maximum absolute atomic E-state index is 13.0. The summed E-state index contributed by atoms with van der Waals surface area (Å²) in [5.41, 5.74) is 0.191. The molecule has 0 unspecified atom stereocenters. The number of hydrogen-bond acceptors (Lipinski definition) is 5. The number of halogens is 3. The minimum absolute atomic E-state index is 0.0819. The number of carbonyl (C=O) groups is 2. The summed E-state index contributed by atoms with van der Waals surface area (Å²) < 4.78 is 44.7. The Bertz CT molecular complexity index is 998. The molecule has 0 radical (unpaired) electrons. The van der Waals surface area contributed by atoms with E-state index in [2.05, 4.69) is 15.5 Å². The van der Waals surface area contributed by atoms with Crippen LogP contribution in [0.25, 0.3) is 0 Å². The highest BCUT2D eigenvalue weighted by molar-refractivity contribution is 5.79. The Balaban J connectivity index is 1.65. The fourth-order valence-electron chi connectivity index (χ4n) is 4.15. The van der Waals surface area contributed by atoms with Crippen molar-refractivity contribution in [2.24, 2.45) is 11.8 Å². The summed E-state index contributed by atoms with van der Waals surface area (Å²) in [7, 11) is 0. The van der Waals surface area contributed by atoms with Gasteiger partial charge in [-0.15, -0.1) is 0 Å². The summed E-state index contributed by atoms with van der Waals surface area (Å²) in [6.45, 7) is 3.87. The van der Waals surface area contributed by atoms with Gasteiger partial charge in [-0.25, -0.2) is 0 Å². The smallest absolute Gasteiger partial charge is 0.416 e. The number of phenols is 1. The van der Waals surface area contributed by atoms with Gasteiger partial charge in [-0.1, -0.05) is 18.2 Å². The molecule has 2 atom stereocenters. The number of benzene rings is 2. The molecule has 10 heteroatoms. The molecule has 35 heavy (non-hydrogen) atoms. The zero-order valence-corrected chi connectivity index (χ0v) is 19.5. The van der Waals surface area contributed by atoms with Crippen molar-refractivity contribution in [3.05, 3.63) is 59.7 Å². The number of alkyl halides is 3. The van der Waals surface area contributed by atoms with Crippen LogP contribution in [0.15, 0.2) is 48.5 Å². The van der Waals surface area contributed by atoms with Crippen LogP contribution in [0, 0.1) is 11.8 Å². The van der Waals surface area contributed by atoms with Gasteiger partial charge in [0, 0.05) is 45.6 Å². The maximum Gasteiger partial charge on any atom is 0.416 e. The number of aromatic hydroxyl groups is 1. The fourth-order valence-corrected chi connectivity index (χ4v) is 4.15. The van der Waals surface area contributed by atoms with Gasteiger partial charge in [0.1, 0.15) is 11.5 Å². The Kier molecular flexibility index (Phi) is 8.97.